The third kappa shape index (κ3) is 14.3. The van der Waals surface area contributed by atoms with Crippen molar-refractivity contribution in [1.82, 2.24) is 24.6 Å². The second-order valence-corrected chi connectivity index (χ2v) is 23.9. The molecule has 2 aliphatic heterocycles. The van der Waals surface area contributed by atoms with Gasteiger partial charge in [-0.2, -0.15) is 15.6 Å². The fraction of sp³-hybridized carbons (Fsp3) is 0.191. The van der Waals surface area contributed by atoms with Crippen molar-refractivity contribution in [1.29, 1.82) is 10.5 Å². The zero-order valence-corrected chi connectivity index (χ0v) is 49.8. The van der Waals surface area contributed by atoms with Crippen molar-refractivity contribution >= 4 is 87.9 Å². The molecule has 0 aliphatic carbocycles. The number of pyridine rings is 1. The Morgan fingerprint density at radius 3 is 1.90 bits per heavy atom. The standard InChI is InChI=1S/C21H19N3O3S.C17H19N5.C16H17N3O4.C14H10/c1-27-20-13-14(24-28(2,25)26)11-12-19(20)23-21-15-7-3-5-9-17(15)22-18-10-6-4-8-16(18)21;1-16(2,9-18)14-5-13(8-22-12-20-11-21-22)6-15(7-14)17(3,4)10-19;1-8-2-4-10-13(14(8)21)18-15(22)11-6-9(3-5-12(17)20)7-19(11)16(10)23;1-2-6-12-10-14-8-4-3-7-13(14)9-11(12)5-1/h3-13,24H,1-2H3,(H,22,23);5-7,11-12H,8H2,1-4H3;2-5,7,11,15,18,21-22H,6H2,1H3,(H2,17,20);1-10H/b;;5-3+;/t;;11-,15-;/m..0./s1. The number of benzene rings is 8. The van der Waals surface area contributed by atoms with Crippen molar-refractivity contribution in [3.05, 3.63) is 222 Å². The molecule has 10 aromatic rings. The second kappa shape index (κ2) is 25.7. The average Bonchev–Trinajstić information content (AvgIpc) is 3.94. The lowest BCUT2D eigenvalue weighted by atomic mass is 9.79. The lowest BCUT2D eigenvalue weighted by molar-refractivity contribution is -0.113. The van der Waals surface area contributed by atoms with Crippen molar-refractivity contribution < 1.29 is 33.0 Å². The SMILES string of the molecule is CC(C)(C#N)c1cc(Cn2cncn2)cc(C(C)(C)C#N)c1.COc1cc(NS(C)(=O)=O)ccc1Nc1c2ccccc2nc2ccccc12.Cc1ccc2c(c1O)N[C@@H](O)[C@@H]1CC(/C=C/C(N)=O)=CN1C2=O.c1ccc2cc3ccccc3cc2c1. The largest absolute Gasteiger partial charge is 0.505 e. The molecule has 87 heavy (non-hydrogen) atoms. The number of para-hydroxylation sites is 2. The summed E-state index contributed by atoms with van der Waals surface area (Å²) in [6, 6.07) is 55.7. The number of aromatic nitrogens is 4. The molecule has 7 N–H and O–H groups in total. The van der Waals surface area contributed by atoms with E-state index in [1.807, 2.05) is 94.4 Å². The Hall–Kier alpha value is -10.6. The highest BCUT2D eigenvalue weighted by molar-refractivity contribution is 7.92. The fourth-order valence-electron chi connectivity index (χ4n) is 10.0. The van der Waals surface area contributed by atoms with Crippen LogP contribution in [0.5, 0.6) is 11.5 Å². The molecule has 0 unspecified atom stereocenters. The number of ether oxygens (including phenoxy) is 1. The number of aliphatic hydroxyl groups excluding tert-OH is 1. The fourth-order valence-corrected chi connectivity index (χ4v) is 10.6. The molecule has 4 heterocycles. The van der Waals surface area contributed by atoms with E-state index in [1.54, 1.807) is 61.6 Å². The summed E-state index contributed by atoms with van der Waals surface area (Å²) in [5.74, 6) is -0.428. The second-order valence-electron chi connectivity index (χ2n) is 22.1. The first-order valence-corrected chi connectivity index (χ1v) is 29.6. The highest BCUT2D eigenvalue weighted by atomic mass is 32.2. The van der Waals surface area contributed by atoms with Gasteiger partial charge in [0, 0.05) is 29.1 Å². The molecule has 8 aromatic carbocycles. The number of nitrogens with zero attached hydrogens (tertiary/aromatic N) is 7. The number of nitriles is 2. The monoisotopic (exact) mass is 1180 g/mol. The number of carbonyl (C=O) groups is 2. The summed E-state index contributed by atoms with van der Waals surface area (Å²) < 4.78 is 32.7. The van der Waals surface area contributed by atoms with Crippen LogP contribution in [0.4, 0.5) is 22.7 Å². The van der Waals surface area contributed by atoms with Gasteiger partial charge in [-0.05, 0) is 133 Å². The molecule has 2 atom stereocenters. The molecular weight excluding hydrogens is 1110 g/mol. The Labute approximate surface area is 504 Å². The highest BCUT2D eigenvalue weighted by Gasteiger charge is 2.39. The molecule has 0 spiro atoms. The summed E-state index contributed by atoms with van der Waals surface area (Å²) in [6.07, 6.45) is 7.90. The van der Waals surface area contributed by atoms with Crippen LogP contribution in [0, 0.1) is 29.6 Å². The van der Waals surface area contributed by atoms with Gasteiger partial charge in [0.1, 0.15) is 30.4 Å². The summed E-state index contributed by atoms with van der Waals surface area (Å²) >= 11 is 0. The first-order chi connectivity index (χ1) is 41.5. The van der Waals surface area contributed by atoms with Gasteiger partial charge in [0.25, 0.3) is 5.91 Å². The van der Waals surface area contributed by atoms with Crippen LogP contribution in [0.1, 0.15) is 66.7 Å². The number of hydrogen-bond donors (Lipinski definition) is 6. The van der Waals surface area contributed by atoms with E-state index in [4.69, 9.17) is 15.5 Å². The van der Waals surface area contributed by atoms with E-state index in [9.17, 15) is 38.7 Å². The molecule has 0 fully saturated rings. The molecule has 12 rings (SSSR count). The van der Waals surface area contributed by atoms with Crippen LogP contribution in [0.3, 0.4) is 0 Å². The maximum atomic E-state index is 12.7. The van der Waals surface area contributed by atoms with E-state index < -0.39 is 39.0 Å². The maximum Gasteiger partial charge on any atom is 0.260 e. The molecule has 2 amide bonds. The van der Waals surface area contributed by atoms with E-state index in [0.29, 0.717) is 35.5 Å². The van der Waals surface area contributed by atoms with Gasteiger partial charge in [-0.15, -0.1) is 0 Å². The van der Waals surface area contributed by atoms with Crippen LogP contribution >= 0.6 is 0 Å². The minimum atomic E-state index is -3.37. The smallest absolute Gasteiger partial charge is 0.260 e. The van der Waals surface area contributed by atoms with Crippen LogP contribution in [0.25, 0.3) is 43.4 Å². The molecular formula is C68H65N11O7S. The Kier molecular flexibility index (Phi) is 18.0. The molecule has 0 radical (unpaired) electrons. The van der Waals surface area contributed by atoms with Gasteiger partial charge in [-0.3, -0.25) is 14.3 Å². The zero-order chi connectivity index (χ0) is 62.2. The average molecular weight is 1180 g/mol. The zero-order valence-electron chi connectivity index (χ0n) is 49.0. The van der Waals surface area contributed by atoms with Crippen molar-refractivity contribution in [3.63, 3.8) is 0 Å². The van der Waals surface area contributed by atoms with Crippen molar-refractivity contribution in [2.75, 3.05) is 28.7 Å². The van der Waals surface area contributed by atoms with E-state index in [1.165, 1.54) is 44.9 Å². The molecule has 440 valence electrons. The molecule has 0 saturated heterocycles. The molecule has 19 heteroatoms. The van der Waals surface area contributed by atoms with Crippen molar-refractivity contribution in [3.8, 4) is 23.6 Å². The third-order valence-electron chi connectivity index (χ3n) is 14.8. The summed E-state index contributed by atoms with van der Waals surface area (Å²) in [4.78, 5) is 33.6. The van der Waals surface area contributed by atoms with E-state index in [0.717, 1.165) is 56.1 Å². The topological polar surface area (TPSA) is 274 Å². The van der Waals surface area contributed by atoms with Gasteiger partial charge in [0.2, 0.25) is 15.9 Å². The number of fused-ring (bicyclic) bond motifs is 6. The van der Waals surface area contributed by atoms with Gasteiger partial charge >= 0.3 is 0 Å². The number of phenols is 1. The first kappa shape index (κ1) is 61.0. The number of sulfonamides is 1. The molecule has 2 aliphatic rings. The minimum absolute atomic E-state index is 0.0473. The number of aryl methyl sites for hydroxylation is 1. The molecule has 18 nitrogen and oxygen atoms in total. The number of methoxy groups -OCH3 is 1. The number of aliphatic hydroxyl groups is 1. The molecule has 0 saturated carbocycles. The third-order valence-corrected chi connectivity index (χ3v) is 15.4. The first-order valence-electron chi connectivity index (χ1n) is 27.7. The predicted molar refractivity (Wildman–Crippen MR) is 342 cm³/mol. The van der Waals surface area contributed by atoms with Crippen LogP contribution in [0.15, 0.2) is 194 Å². The number of nitrogens with one attached hydrogen (secondary N) is 3. The number of primary amides is 1. The lowest BCUT2D eigenvalue weighted by Gasteiger charge is -2.24. The van der Waals surface area contributed by atoms with E-state index >= 15 is 0 Å². The van der Waals surface area contributed by atoms with E-state index in [-0.39, 0.29) is 22.9 Å². The van der Waals surface area contributed by atoms with Gasteiger partial charge in [0.15, 0.2) is 0 Å². The normalized spacial score (nSPS) is 14.5. The number of anilines is 4. The van der Waals surface area contributed by atoms with Crippen molar-refractivity contribution in [2.24, 2.45) is 5.73 Å². The highest BCUT2D eigenvalue weighted by Crippen LogP contribution is 2.40. The summed E-state index contributed by atoms with van der Waals surface area (Å²) in [6.45, 7) is 9.79. The quantitative estimate of drug-likeness (QED) is 0.0399. The van der Waals surface area contributed by atoms with Crippen molar-refractivity contribution in [2.45, 2.75) is 70.7 Å². The van der Waals surface area contributed by atoms with Gasteiger partial charge in [-0.1, -0.05) is 115 Å². The molecule has 2 aromatic heterocycles. The minimum Gasteiger partial charge on any atom is -0.505 e. The number of carbonyl (C=O) groups excluding carboxylic acids is 2. The Balaban J connectivity index is 0.000000141. The lowest BCUT2D eigenvalue weighted by Crippen LogP contribution is -2.42. The summed E-state index contributed by atoms with van der Waals surface area (Å²) in [7, 11) is -1.82. The maximum absolute atomic E-state index is 12.7. The van der Waals surface area contributed by atoms with Crippen LogP contribution in [0.2, 0.25) is 0 Å². The van der Waals surface area contributed by atoms with Crippen LogP contribution in [-0.4, -0.2) is 80.7 Å². The Morgan fingerprint density at radius 2 is 1.38 bits per heavy atom. The Bertz CT molecular complexity index is 4310. The van der Waals surface area contributed by atoms with Crippen LogP contribution < -0.4 is 25.8 Å². The summed E-state index contributed by atoms with van der Waals surface area (Å²) in [5, 5.41) is 56.9. The van der Waals surface area contributed by atoms with Gasteiger partial charge in [-0.25, -0.2) is 23.1 Å². The number of rotatable bonds is 11. The number of phenolic OH excluding ortho intramolecular Hbond substituents is 1. The number of allylic oxidation sites excluding steroid dienone is 1. The van der Waals surface area contributed by atoms with Gasteiger partial charge < -0.3 is 36.2 Å². The Morgan fingerprint density at radius 1 is 0.816 bits per heavy atom. The molecule has 0 bridgehead atoms. The number of amides is 2. The number of hydrogen-bond acceptors (Lipinski definition) is 14. The summed E-state index contributed by atoms with van der Waals surface area (Å²) in [5.41, 5.74) is 12.4. The van der Waals surface area contributed by atoms with Gasteiger partial charge in [0.05, 0.1) is 88.3 Å². The van der Waals surface area contributed by atoms with E-state index in [2.05, 4.69) is 98.2 Å². The number of nitrogens with two attached hydrogens (primary N) is 1. The predicted octanol–water partition coefficient (Wildman–Crippen LogP) is 12.0. The number of aromatic hydroxyl groups is 1. The van der Waals surface area contributed by atoms with Crippen LogP contribution in [-0.2, 0) is 32.2 Å².